The molecule has 0 aromatic carbocycles. The van der Waals surface area contributed by atoms with Crippen molar-refractivity contribution in [3.05, 3.63) is 0 Å². The number of hydrogen-bond acceptors (Lipinski definition) is 3. The molecule has 0 spiro atoms. The fourth-order valence-electron chi connectivity index (χ4n) is 1.45. The second-order valence-electron chi connectivity index (χ2n) is 3.12. The fraction of sp³-hybridized carbons (Fsp3) is 1.00. The summed E-state index contributed by atoms with van der Waals surface area (Å²) in [7, 11) is 0. The van der Waals surface area contributed by atoms with Gasteiger partial charge < -0.3 is 4.74 Å². The van der Waals surface area contributed by atoms with Gasteiger partial charge >= 0.3 is 0 Å². The molecule has 0 bridgehead atoms. The average Bonchev–Trinajstić information content (AvgIpc) is 2.19. The lowest BCUT2D eigenvalue weighted by Crippen LogP contribution is -2.47. The van der Waals surface area contributed by atoms with Crippen molar-refractivity contribution in [3.63, 3.8) is 0 Å². The van der Waals surface area contributed by atoms with Crippen molar-refractivity contribution in [1.82, 2.24) is 4.90 Å². The van der Waals surface area contributed by atoms with Gasteiger partial charge in [0.1, 0.15) is 0 Å². The Morgan fingerprint density at radius 2 is 2.46 bits per heavy atom. The van der Waals surface area contributed by atoms with E-state index in [0.29, 0.717) is 6.04 Å². The molecule has 1 fully saturated rings. The predicted molar refractivity (Wildman–Crippen MR) is 63.0 cm³/mol. The van der Waals surface area contributed by atoms with Gasteiger partial charge in [-0.3, -0.25) is 4.90 Å². The van der Waals surface area contributed by atoms with Crippen LogP contribution in [0.25, 0.3) is 0 Å². The number of morpholine rings is 1. The van der Waals surface area contributed by atoms with Gasteiger partial charge in [0, 0.05) is 30.2 Å². The van der Waals surface area contributed by atoms with E-state index in [1.807, 2.05) is 11.8 Å². The number of alkyl halides is 1. The number of nitrogens with zero attached hydrogens (tertiary/aromatic N) is 1. The molecule has 0 aromatic heterocycles. The van der Waals surface area contributed by atoms with Crippen molar-refractivity contribution in [2.45, 2.75) is 13.0 Å². The molecule has 0 aliphatic carbocycles. The Morgan fingerprint density at radius 3 is 3.15 bits per heavy atom. The van der Waals surface area contributed by atoms with E-state index < -0.39 is 0 Å². The summed E-state index contributed by atoms with van der Waals surface area (Å²) in [6.07, 6.45) is 0. The Hall–Kier alpha value is 0.750. The quantitative estimate of drug-likeness (QED) is 0.557. The molecule has 1 aliphatic rings. The number of halogens is 1. The molecule has 2 nitrogen and oxygen atoms in total. The lowest BCUT2D eigenvalue weighted by Gasteiger charge is -2.34. The Kier molecular flexibility index (Phi) is 6.45. The normalized spacial score (nSPS) is 24.9. The number of hydrogen-bond donors (Lipinski definition) is 0. The van der Waals surface area contributed by atoms with Gasteiger partial charge in [0.05, 0.1) is 13.2 Å². The molecule has 0 amide bonds. The van der Waals surface area contributed by atoms with Gasteiger partial charge in [-0.2, -0.15) is 11.8 Å². The van der Waals surface area contributed by atoms with Crippen LogP contribution in [0, 0.1) is 0 Å². The molecule has 1 heterocycles. The summed E-state index contributed by atoms with van der Waals surface area (Å²) in [6, 6.07) is 0.589. The summed E-state index contributed by atoms with van der Waals surface area (Å²) in [5.74, 6) is 2.48. The van der Waals surface area contributed by atoms with Gasteiger partial charge in [-0.05, 0) is 5.75 Å². The van der Waals surface area contributed by atoms with Crippen LogP contribution in [0.1, 0.15) is 6.92 Å². The molecule has 1 atom stereocenters. The molecular formula is C9H18BrNOS. The SMILES string of the molecule is CCSCCN1CCOCC1CBr. The first kappa shape index (κ1) is 11.8. The third-order valence-electron chi connectivity index (χ3n) is 2.25. The summed E-state index contributed by atoms with van der Waals surface area (Å²) in [4.78, 5) is 2.53. The van der Waals surface area contributed by atoms with Crippen LogP contribution < -0.4 is 0 Å². The van der Waals surface area contributed by atoms with E-state index in [-0.39, 0.29) is 0 Å². The van der Waals surface area contributed by atoms with Crippen molar-refractivity contribution < 1.29 is 4.74 Å². The van der Waals surface area contributed by atoms with E-state index in [9.17, 15) is 0 Å². The first-order valence-electron chi connectivity index (χ1n) is 4.84. The molecule has 0 N–H and O–H groups in total. The zero-order chi connectivity index (χ0) is 9.52. The van der Waals surface area contributed by atoms with Crippen LogP contribution in [0.15, 0.2) is 0 Å². The maximum atomic E-state index is 5.43. The molecule has 1 aliphatic heterocycles. The van der Waals surface area contributed by atoms with Crippen LogP contribution in [0.2, 0.25) is 0 Å². The van der Waals surface area contributed by atoms with E-state index in [4.69, 9.17) is 4.74 Å². The highest BCUT2D eigenvalue weighted by atomic mass is 79.9. The highest BCUT2D eigenvalue weighted by Crippen LogP contribution is 2.10. The molecule has 13 heavy (non-hydrogen) atoms. The van der Waals surface area contributed by atoms with Crippen LogP contribution >= 0.6 is 27.7 Å². The van der Waals surface area contributed by atoms with Crippen molar-refractivity contribution in [1.29, 1.82) is 0 Å². The standard InChI is InChI=1S/C9H18BrNOS/c1-2-13-6-4-11-3-5-12-8-9(11)7-10/h9H,2-8H2,1H3. The topological polar surface area (TPSA) is 12.5 Å². The highest BCUT2D eigenvalue weighted by Gasteiger charge is 2.20. The van der Waals surface area contributed by atoms with Gasteiger partial charge in [-0.15, -0.1) is 0 Å². The molecule has 1 saturated heterocycles. The third-order valence-corrected chi connectivity index (χ3v) is 3.88. The third kappa shape index (κ3) is 4.19. The molecule has 0 radical (unpaired) electrons. The molecule has 0 saturated carbocycles. The summed E-state index contributed by atoms with van der Waals surface area (Å²) in [5, 5.41) is 1.03. The van der Waals surface area contributed by atoms with Gasteiger partial charge in [0.2, 0.25) is 0 Å². The average molecular weight is 268 g/mol. The van der Waals surface area contributed by atoms with Crippen molar-refractivity contribution in [3.8, 4) is 0 Å². The zero-order valence-electron chi connectivity index (χ0n) is 8.17. The minimum atomic E-state index is 0.589. The molecule has 0 aromatic rings. The Morgan fingerprint density at radius 1 is 1.62 bits per heavy atom. The van der Waals surface area contributed by atoms with Crippen molar-refractivity contribution >= 4 is 27.7 Å². The number of rotatable bonds is 5. The van der Waals surface area contributed by atoms with Crippen molar-refractivity contribution in [2.24, 2.45) is 0 Å². The van der Waals surface area contributed by atoms with Crippen LogP contribution in [-0.2, 0) is 4.74 Å². The Balaban J connectivity index is 2.19. The molecule has 1 rings (SSSR count). The van der Waals surface area contributed by atoms with Crippen LogP contribution in [0.5, 0.6) is 0 Å². The summed E-state index contributed by atoms with van der Waals surface area (Å²) in [6.45, 7) is 6.31. The van der Waals surface area contributed by atoms with Gasteiger partial charge in [0.15, 0.2) is 0 Å². The van der Waals surface area contributed by atoms with Crippen LogP contribution in [-0.4, -0.2) is 54.1 Å². The number of thioether (sulfide) groups is 1. The van der Waals surface area contributed by atoms with Gasteiger partial charge in [0.25, 0.3) is 0 Å². The van der Waals surface area contributed by atoms with E-state index in [1.165, 1.54) is 18.1 Å². The van der Waals surface area contributed by atoms with Crippen molar-refractivity contribution in [2.75, 3.05) is 43.1 Å². The highest BCUT2D eigenvalue weighted by molar-refractivity contribution is 9.09. The molecule has 78 valence electrons. The van der Waals surface area contributed by atoms with Crippen LogP contribution in [0.3, 0.4) is 0 Å². The predicted octanol–water partition coefficient (Wildman–Crippen LogP) is 1.84. The fourth-order valence-corrected chi connectivity index (χ4v) is 2.70. The molecule has 1 unspecified atom stereocenters. The van der Waals surface area contributed by atoms with Gasteiger partial charge in [-0.25, -0.2) is 0 Å². The second kappa shape index (κ2) is 7.10. The summed E-state index contributed by atoms with van der Waals surface area (Å²) >= 11 is 5.55. The maximum absolute atomic E-state index is 5.43. The van der Waals surface area contributed by atoms with E-state index in [1.54, 1.807) is 0 Å². The smallest absolute Gasteiger partial charge is 0.0630 e. The minimum Gasteiger partial charge on any atom is -0.378 e. The summed E-state index contributed by atoms with van der Waals surface area (Å²) < 4.78 is 5.43. The lowest BCUT2D eigenvalue weighted by molar-refractivity contribution is 0.00521. The summed E-state index contributed by atoms with van der Waals surface area (Å²) in [5.41, 5.74) is 0. The second-order valence-corrected chi connectivity index (χ2v) is 5.16. The van der Waals surface area contributed by atoms with E-state index in [2.05, 4.69) is 27.8 Å². The van der Waals surface area contributed by atoms with E-state index >= 15 is 0 Å². The van der Waals surface area contributed by atoms with Crippen LogP contribution in [0.4, 0.5) is 0 Å². The Bertz CT molecular complexity index is 137. The van der Waals surface area contributed by atoms with E-state index in [0.717, 1.165) is 25.1 Å². The first-order chi connectivity index (χ1) is 6.38. The Labute approximate surface area is 93.5 Å². The monoisotopic (exact) mass is 267 g/mol. The maximum Gasteiger partial charge on any atom is 0.0630 e. The first-order valence-corrected chi connectivity index (χ1v) is 7.11. The molecule has 4 heteroatoms. The van der Waals surface area contributed by atoms with Gasteiger partial charge in [-0.1, -0.05) is 22.9 Å². The largest absolute Gasteiger partial charge is 0.378 e. The zero-order valence-corrected chi connectivity index (χ0v) is 10.6. The molecular weight excluding hydrogens is 250 g/mol. The number of ether oxygens (including phenoxy) is 1. The minimum absolute atomic E-state index is 0.589. The lowest BCUT2D eigenvalue weighted by atomic mass is 10.2.